The van der Waals surface area contributed by atoms with Crippen molar-refractivity contribution in [1.29, 1.82) is 0 Å². The van der Waals surface area contributed by atoms with Crippen LogP contribution in [0.3, 0.4) is 0 Å². The van der Waals surface area contributed by atoms with Crippen LogP contribution in [0.25, 0.3) is 0 Å². The first-order valence-electron chi connectivity index (χ1n) is 7.99. The zero-order chi connectivity index (χ0) is 13.9. The fourth-order valence-corrected chi connectivity index (χ4v) is 3.45. The molecule has 1 aromatic carbocycles. The normalized spacial score (nSPS) is 22.6. The van der Waals surface area contributed by atoms with Crippen LogP contribution in [-0.4, -0.2) is 36.7 Å². The number of fused-ring (bicyclic) bond motifs is 1. The Bertz CT molecular complexity index is 458. The van der Waals surface area contributed by atoms with Crippen LogP contribution in [-0.2, 0) is 6.42 Å². The third kappa shape index (κ3) is 2.93. The summed E-state index contributed by atoms with van der Waals surface area (Å²) in [7, 11) is 0. The third-order valence-electron chi connectivity index (χ3n) is 4.56. The second-order valence-electron chi connectivity index (χ2n) is 6.29. The molecule has 1 fully saturated rings. The summed E-state index contributed by atoms with van der Waals surface area (Å²) >= 11 is 0. The molecule has 3 rings (SSSR count). The Balaban J connectivity index is 1.60. The Hall–Kier alpha value is -1.22. The van der Waals surface area contributed by atoms with Gasteiger partial charge in [-0.1, -0.05) is 6.42 Å². The quantitative estimate of drug-likeness (QED) is 0.911. The molecular weight excluding hydrogens is 248 g/mol. The molecule has 3 heteroatoms. The number of hydrogen-bond donors (Lipinski definition) is 1. The van der Waals surface area contributed by atoms with E-state index in [1.807, 2.05) is 0 Å². The van der Waals surface area contributed by atoms with Gasteiger partial charge in [-0.15, -0.1) is 0 Å². The zero-order valence-electron chi connectivity index (χ0n) is 12.7. The number of nitrogens with one attached hydrogen (secondary N) is 1. The molecule has 0 bridgehead atoms. The molecule has 110 valence electrons. The van der Waals surface area contributed by atoms with E-state index in [-0.39, 0.29) is 0 Å². The van der Waals surface area contributed by atoms with E-state index < -0.39 is 0 Å². The predicted octanol–water partition coefficient (Wildman–Crippen LogP) is 3.30. The molecule has 3 nitrogen and oxygen atoms in total. The van der Waals surface area contributed by atoms with Gasteiger partial charge in [0, 0.05) is 24.3 Å². The van der Waals surface area contributed by atoms with Gasteiger partial charge in [-0.2, -0.15) is 0 Å². The molecule has 2 heterocycles. The van der Waals surface area contributed by atoms with Crippen molar-refractivity contribution in [2.75, 3.05) is 25.0 Å². The molecular formula is C17H26N2O. The predicted molar refractivity (Wildman–Crippen MR) is 83.6 cm³/mol. The summed E-state index contributed by atoms with van der Waals surface area (Å²) in [5.41, 5.74) is 2.67. The van der Waals surface area contributed by atoms with E-state index in [0.717, 1.165) is 25.3 Å². The lowest BCUT2D eigenvalue weighted by atomic mass is 10.0. The molecule has 1 unspecified atom stereocenters. The Morgan fingerprint density at radius 1 is 1.35 bits per heavy atom. The molecule has 0 radical (unpaired) electrons. The van der Waals surface area contributed by atoms with Crippen LogP contribution < -0.4 is 10.1 Å². The molecule has 1 atom stereocenters. The zero-order valence-corrected chi connectivity index (χ0v) is 12.7. The maximum Gasteiger partial charge on any atom is 0.119 e. The lowest BCUT2D eigenvalue weighted by Crippen LogP contribution is -2.46. The van der Waals surface area contributed by atoms with Crippen LogP contribution in [0, 0.1) is 0 Å². The van der Waals surface area contributed by atoms with E-state index in [9.17, 15) is 0 Å². The van der Waals surface area contributed by atoms with Gasteiger partial charge in [-0.3, -0.25) is 4.90 Å². The summed E-state index contributed by atoms with van der Waals surface area (Å²) in [5.74, 6) is 1.03. The van der Waals surface area contributed by atoms with Gasteiger partial charge in [0.05, 0.1) is 0 Å². The summed E-state index contributed by atoms with van der Waals surface area (Å²) in [6, 6.07) is 7.65. The molecule has 20 heavy (non-hydrogen) atoms. The van der Waals surface area contributed by atoms with Gasteiger partial charge in [0.1, 0.15) is 12.4 Å². The molecule has 0 amide bonds. The van der Waals surface area contributed by atoms with E-state index >= 15 is 0 Å². The van der Waals surface area contributed by atoms with Gasteiger partial charge in [0.15, 0.2) is 0 Å². The van der Waals surface area contributed by atoms with Crippen molar-refractivity contribution in [3.05, 3.63) is 23.8 Å². The molecule has 0 aliphatic carbocycles. The highest BCUT2D eigenvalue weighted by Crippen LogP contribution is 2.27. The van der Waals surface area contributed by atoms with Gasteiger partial charge in [-0.25, -0.2) is 0 Å². The molecule has 1 aromatic rings. The first-order valence-corrected chi connectivity index (χ1v) is 7.99. The smallest absolute Gasteiger partial charge is 0.119 e. The van der Waals surface area contributed by atoms with Crippen molar-refractivity contribution in [3.63, 3.8) is 0 Å². The number of rotatable bonds is 4. The Kier molecular flexibility index (Phi) is 4.16. The Morgan fingerprint density at radius 2 is 2.25 bits per heavy atom. The van der Waals surface area contributed by atoms with Crippen LogP contribution in [0.4, 0.5) is 5.69 Å². The molecule has 2 aliphatic heterocycles. The van der Waals surface area contributed by atoms with Crippen LogP contribution in [0.1, 0.15) is 38.7 Å². The fraction of sp³-hybridized carbons (Fsp3) is 0.647. The number of likely N-dealkylation sites (tertiary alicyclic amines) is 1. The number of benzene rings is 1. The van der Waals surface area contributed by atoms with E-state index in [0.29, 0.717) is 12.1 Å². The van der Waals surface area contributed by atoms with E-state index in [2.05, 4.69) is 42.3 Å². The Morgan fingerprint density at radius 3 is 3.10 bits per heavy atom. The molecule has 1 N–H and O–H groups in total. The first-order chi connectivity index (χ1) is 9.74. The largest absolute Gasteiger partial charge is 0.492 e. The van der Waals surface area contributed by atoms with Crippen LogP contribution in [0.15, 0.2) is 18.2 Å². The number of piperidine rings is 1. The molecule has 1 saturated heterocycles. The maximum absolute atomic E-state index is 6.08. The molecule has 0 spiro atoms. The van der Waals surface area contributed by atoms with Crippen molar-refractivity contribution in [3.8, 4) is 5.75 Å². The number of hydrogen-bond acceptors (Lipinski definition) is 3. The SMILES string of the molecule is CC(C)N1CCCCC1COc1ccc2c(c1)CCN2. The highest BCUT2D eigenvalue weighted by Gasteiger charge is 2.25. The first kappa shape index (κ1) is 13.7. The van der Waals surface area contributed by atoms with Crippen molar-refractivity contribution >= 4 is 5.69 Å². The summed E-state index contributed by atoms with van der Waals surface area (Å²) in [4.78, 5) is 2.60. The lowest BCUT2D eigenvalue weighted by Gasteiger charge is -2.38. The van der Waals surface area contributed by atoms with Crippen molar-refractivity contribution < 1.29 is 4.74 Å². The minimum absolute atomic E-state index is 0.579. The van der Waals surface area contributed by atoms with Crippen molar-refractivity contribution in [2.24, 2.45) is 0 Å². The summed E-state index contributed by atoms with van der Waals surface area (Å²) < 4.78 is 6.08. The van der Waals surface area contributed by atoms with Gasteiger partial charge in [0.25, 0.3) is 0 Å². The highest BCUT2D eigenvalue weighted by molar-refractivity contribution is 5.57. The van der Waals surface area contributed by atoms with Crippen molar-refractivity contribution in [2.45, 2.75) is 51.6 Å². The van der Waals surface area contributed by atoms with Crippen LogP contribution >= 0.6 is 0 Å². The number of nitrogens with zero attached hydrogens (tertiary/aromatic N) is 1. The number of ether oxygens (including phenoxy) is 1. The molecule has 0 aromatic heterocycles. The maximum atomic E-state index is 6.08. The standard InChI is InChI=1S/C17H26N2O/c1-13(2)19-10-4-3-5-15(19)12-20-16-6-7-17-14(11-16)8-9-18-17/h6-7,11,13,15,18H,3-5,8-10,12H2,1-2H3. The van der Waals surface area contributed by atoms with Gasteiger partial charge >= 0.3 is 0 Å². The lowest BCUT2D eigenvalue weighted by molar-refractivity contribution is 0.0733. The minimum Gasteiger partial charge on any atom is -0.492 e. The third-order valence-corrected chi connectivity index (χ3v) is 4.56. The van der Waals surface area contributed by atoms with Crippen LogP contribution in [0.5, 0.6) is 5.75 Å². The van der Waals surface area contributed by atoms with Crippen molar-refractivity contribution in [1.82, 2.24) is 4.90 Å². The average molecular weight is 274 g/mol. The monoisotopic (exact) mass is 274 g/mol. The highest BCUT2D eigenvalue weighted by atomic mass is 16.5. The molecule has 0 saturated carbocycles. The van der Waals surface area contributed by atoms with E-state index in [1.165, 1.54) is 37.1 Å². The second kappa shape index (κ2) is 6.04. The van der Waals surface area contributed by atoms with E-state index in [1.54, 1.807) is 0 Å². The van der Waals surface area contributed by atoms with Gasteiger partial charge in [0.2, 0.25) is 0 Å². The topological polar surface area (TPSA) is 24.5 Å². The van der Waals surface area contributed by atoms with Crippen LogP contribution in [0.2, 0.25) is 0 Å². The molecule has 2 aliphatic rings. The van der Waals surface area contributed by atoms with Gasteiger partial charge < -0.3 is 10.1 Å². The second-order valence-corrected chi connectivity index (χ2v) is 6.29. The van der Waals surface area contributed by atoms with Gasteiger partial charge in [-0.05, 0) is 63.4 Å². The summed E-state index contributed by atoms with van der Waals surface area (Å²) in [6.45, 7) is 7.69. The number of anilines is 1. The summed E-state index contributed by atoms with van der Waals surface area (Å²) in [5, 5.41) is 3.39. The van der Waals surface area contributed by atoms with E-state index in [4.69, 9.17) is 4.74 Å². The fourth-order valence-electron chi connectivity index (χ4n) is 3.45. The average Bonchev–Trinajstić information content (AvgIpc) is 2.92. The minimum atomic E-state index is 0.579. The summed E-state index contributed by atoms with van der Waals surface area (Å²) in [6.07, 6.45) is 5.06. The Labute approximate surface area is 122 Å².